The second kappa shape index (κ2) is 5.75. The number of ketones is 1. The number of allylic oxidation sites excluding steroid dienone is 1. The lowest BCUT2D eigenvalue weighted by Gasteiger charge is -2.01. The van der Waals surface area contributed by atoms with Crippen LogP contribution in [0.3, 0.4) is 0 Å². The number of rotatable bonds is 4. The van der Waals surface area contributed by atoms with E-state index in [1.165, 1.54) is 0 Å². The summed E-state index contributed by atoms with van der Waals surface area (Å²) in [6, 6.07) is 15.7. The van der Waals surface area contributed by atoms with Crippen LogP contribution in [0.4, 0.5) is 0 Å². The SMILES string of the molecule is CCn1nccc1/C=C/C(=O)c1ccc2ccccc2c1. The second-order valence-electron chi connectivity index (χ2n) is 4.83. The molecule has 0 aliphatic carbocycles. The molecule has 3 nitrogen and oxygen atoms in total. The van der Waals surface area contributed by atoms with Crippen LogP contribution in [-0.4, -0.2) is 15.6 Å². The highest BCUT2D eigenvalue weighted by Gasteiger charge is 2.04. The molecule has 0 saturated heterocycles. The van der Waals surface area contributed by atoms with E-state index < -0.39 is 0 Å². The molecule has 1 heterocycles. The van der Waals surface area contributed by atoms with E-state index in [0.29, 0.717) is 5.56 Å². The maximum absolute atomic E-state index is 12.3. The van der Waals surface area contributed by atoms with Crippen LogP contribution in [0.2, 0.25) is 0 Å². The van der Waals surface area contributed by atoms with Gasteiger partial charge in [0.2, 0.25) is 0 Å². The van der Waals surface area contributed by atoms with Crippen LogP contribution < -0.4 is 0 Å². The van der Waals surface area contributed by atoms with Gasteiger partial charge in [-0.1, -0.05) is 36.4 Å². The molecule has 0 radical (unpaired) electrons. The minimum atomic E-state index is 0.00426. The van der Waals surface area contributed by atoms with Crippen LogP contribution in [0.1, 0.15) is 23.0 Å². The van der Waals surface area contributed by atoms with Gasteiger partial charge in [-0.3, -0.25) is 9.48 Å². The van der Waals surface area contributed by atoms with Gasteiger partial charge in [-0.15, -0.1) is 0 Å². The number of carbonyl (C=O) groups is 1. The Morgan fingerprint density at radius 2 is 1.95 bits per heavy atom. The largest absolute Gasteiger partial charge is 0.289 e. The summed E-state index contributed by atoms with van der Waals surface area (Å²) in [6.45, 7) is 2.81. The molecule has 3 aromatic rings. The van der Waals surface area contributed by atoms with Gasteiger partial charge in [0.05, 0.1) is 5.69 Å². The molecule has 0 bridgehead atoms. The Bertz CT molecular complexity index is 815. The van der Waals surface area contributed by atoms with Crippen LogP contribution in [0, 0.1) is 0 Å². The average molecular weight is 276 g/mol. The molecule has 0 saturated carbocycles. The van der Waals surface area contributed by atoms with Crippen molar-refractivity contribution in [1.82, 2.24) is 9.78 Å². The van der Waals surface area contributed by atoms with E-state index in [0.717, 1.165) is 23.0 Å². The fourth-order valence-electron chi connectivity index (χ4n) is 2.35. The van der Waals surface area contributed by atoms with Crippen LogP contribution in [0.5, 0.6) is 0 Å². The monoisotopic (exact) mass is 276 g/mol. The van der Waals surface area contributed by atoms with Gasteiger partial charge in [-0.25, -0.2) is 0 Å². The molecule has 0 atom stereocenters. The molecule has 0 aliphatic heterocycles. The number of carbonyl (C=O) groups excluding carboxylic acids is 1. The van der Waals surface area contributed by atoms with E-state index in [-0.39, 0.29) is 5.78 Å². The molecule has 0 amide bonds. The van der Waals surface area contributed by atoms with E-state index in [1.807, 2.05) is 66.2 Å². The Morgan fingerprint density at radius 1 is 1.14 bits per heavy atom. The molecule has 0 fully saturated rings. The summed E-state index contributed by atoms with van der Waals surface area (Å²) in [6.07, 6.45) is 5.16. The van der Waals surface area contributed by atoms with Crippen molar-refractivity contribution in [1.29, 1.82) is 0 Å². The molecule has 104 valence electrons. The van der Waals surface area contributed by atoms with Crippen LogP contribution in [0.25, 0.3) is 16.8 Å². The number of benzene rings is 2. The topological polar surface area (TPSA) is 34.9 Å². The van der Waals surface area contributed by atoms with Crippen molar-refractivity contribution >= 4 is 22.6 Å². The molecule has 2 aromatic carbocycles. The quantitative estimate of drug-likeness (QED) is 0.534. The molecule has 3 heteroatoms. The van der Waals surface area contributed by atoms with Crippen molar-refractivity contribution in [3.8, 4) is 0 Å². The highest BCUT2D eigenvalue weighted by atomic mass is 16.1. The van der Waals surface area contributed by atoms with Crippen molar-refractivity contribution in [2.75, 3.05) is 0 Å². The minimum absolute atomic E-state index is 0.00426. The van der Waals surface area contributed by atoms with E-state index in [9.17, 15) is 4.79 Å². The molecule has 3 rings (SSSR count). The second-order valence-corrected chi connectivity index (χ2v) is 4.83. The van der Waals surface area contributed by atoms with E-state index in [4.69, 9.17) is 0 Å². The van der Waals surface area contributed by atoms with Crippen molar-refractivity contribution < 1.29 is 4.79 Å². The highest BCUT2D eigenvalue weighted by molar-refractivity contribution is 6.08. The number of aryl methyl sites for hydroxylation is 1. The number of hydrogen-bond acceptors (Lipinski definition) is 2. The zero-order valence-corrected chi connectivity index (χ0v) is 11.9. The summed E-state index contributed by atoms with van der Waals surface area (Å²) in [4.78, 5) is 12.3. The van der Waals surface area contributed by atoms with Gasteiger partial charge >= 0.3 is 0 Å². The normalized spacial score (nSPS) is 11.3. The zero-order chi connectivity index (χ0) is 14.7. The number of aromatic nitrogens is 2. The maximum atomic E-state index is 12.3. The van der Waals surface area contributed by atoms with Crippen LogP contribution >= 0.6 is 0 Å². The van der Waals surface area contributed by atoms with Gasteiger partial charge in [0.25, 0.3) is 0 Å². The molecule has 0 N–H and O–H groups in total. The Morgan fingerprint density at radius 3 is 2.76 bits per heavy atom. The molecular formula is C18H16N2O. The number of fused-ring (bicyclic) bond motifs is 1. The first-order valence-corrected chi connectivity index (χ1v) is 7.01. The first kappa shape index (κ1) is 13.3. The predicted octanol–water partition coefficient (Wildman–Crippen LogP) is 3.95. The number of nitrogens with zero attached hydrogens (tertiary/aromatic N) is 2. The summed E-state index contributed by atoms with van der Waals surface area (Å²) in [5.74, 6) is 0.00426. The van der Waals surface area contributed by atoms with E-state index in [1.54, 1.807) is 12.3 Å². The lowest BCUT2D eigenvalue weighted by atomic mass is 10.0. The molecule has 0 spiro atoms. The smallest absolute Gasteiger partial charge is 0.185 e. The standard InChI is InChI=1S/C18H16N2O/c1-2-20-17(11-12-19-20)9-10-18(21)16-8-7-14-5-3-4-6-15(14)13-16/h3-13H,2H2,1H3/b10-9+. The van der Waals surface area contributed by atoms with Crippen LogP contribution in [-0.2, 0) is 6.54 Å². The van der Waals surface area contributed by atoms with Gasteiger partial charge in [0, 0.05) is 18.3 Å². The summed E-state index contributed by atoms with van der Waals surface area (Å²) >= 11 is 0. The first-order valence-electron chi connectivity index (χ1n) is 7.01. The van der Waals surface area contributed by atoms with Gasteiger partial charge in [0.15, 0.2) is 5.78 Å². The molecule has 21 heavy (non-hydrogen) atoms. The third kappa shape index (κ3) is 2.77. The molecular weight excluding hydrogens is 260 g/mol. The average Bonchev–Trinajstić information content (AvgIpc) is 2.99. The lowest BCUT2D eigenvalue weighted by Crippen LogP contribution is -1.99. The Kier molecular flexibility index (Phi) is 3.65. The maximum Gasteiger partial charge on any atom is 0.185 e. The van der Waals surface area contributed by atoms with Crippen LogP contribution in [0.15, 0.2) is 60.8 Å². The lowest BCUT2D eigenvalue weighted by molar-refractivity contribution is 0.104. The Balaban J connectivity index is 1.87. The van der Waals surface area contributed by atoms with E-state index >= 15 is 0 Å². The van der Waals surface area contributed by atoms with Gasteiger partial charge in [-0.05, 0) is 42.0 Å². The molecule has 0 unspecified atom stereocenters. The fourth-order valence-corrected chi connectivity index (χ4v) is 2.35. The van der Waals surface area contributed by atoms with Gasteiger partial charge in [-0.2, -0.15) is 5.10 Å². The summed E-state index contributed by atoms with van der Waals surface area (Å²) in [7, 11) is 0. The first-order chi connectivity index (χ1) is 10.3. The van der Waals surface area contributed by atoms with Crippen molar-refractivity contribution in [2.24, 2.45) is 0 Å². The summed E-state index contributed by atoms with van der Waals surface area (Å²) in [5, 5.41) is 6.40. The van der Waals surface area contributed by atoms with Crippen molar-refractivity contribution in [2.45, 2.75) is 13.5 Å². The predicted molar refractivity (Wildman–Crippen MR) is 85.2 cm³/mol. The van der Waals surface area contributed by atoms with Crippen molar-refractivity contribution in [3.63, 3.8) is 0 Å². The van der Waals surface area contributed by atoms with Gasteiger partial charge in [0.1, 0.15) is 0 Å². The fraction of sp³-hybridized carbons (Fsp3) is 0.111. The summed E-state index contributed by atoms with van der Waals surface area (Å²) < 4.78 is 1.85. The van der Waals surface area contributed by atoms with E-state index in [2.05, 4.69) is 5.10 Å². The molecule has 1 aromatic heterocycles. The molecule has 0 aliphatic rings. The van der Waals surface area contributed by atoms with Gasteiger partial charge < -0.3 is 0 Å². The van der Waals surface area contributed by atoms with Crippen molar-refractivity contribution in [3.05, 3.63) is 72.1 Å². The zero-order valence-electron chi connectivity index (χ0n) is 11.9. The Labute approximate surface area is 123 Å². The summed E-state index contributed by atoms with van der Waals surface area (Å²) in [5.41, 5.74) is 1.64. The Hall–Kier alpha value is -2.68. The number of hydrogen-bond donors (Lipinski definition) is 0. The third-order valence-electron chi connectivity index (χ3n) is 3.49. The highest BCUT2D eigenvalue weighted by Crippen LogP contribution is 2.16. The third-order valence-corrected chi connectivity index (χ3v) is 3.49. The minimum Gasteiger partial charge on any atom is -0.289 e.